The van der Waals surface area contributed by atoms with Crippen LogP contribution in [0.15, 0.2) is 65.8 Å². The molecule has 0 aromatic heterocycles. The van der Waals surface area contributed by atoms with Crippen LogP contribution < -0.4 is 5.43 Å². The van der Waals surface area contributed by atoms with Crippen molar-refractivity contribution in [1.29, 1.82) is 0 Å². The van der Waals surface area contributed by atoms with E-state index in [1.54, 1.807) is 14.2 Å². The second kappa shape index (κ2) is 5.61. The van der Waals surface area contributed by atoms with Gasteiger partial charge in [0.2, 0.25) is 5.90 Å². The van der Waals surface area contributed by atoms with Gasteiger partial charge in [0.15, 0.2) is 0 Å². The zero-order chi connectivity index (χ0) is 17.7. The van der Waals surface area contributed by atoms with Crippen LogP contribution in [0.3, 0.4) is 0 Å². The monoisotopic (exact) mass is 343 g/mol. The molecule has 0 saturated carbocycles. The molecule has 5 nitrogen and oxygen atoms in total. The van der Waals surface area contributed by atoms with Gasteiger partial charge in [-0.15, -0.1) is 0 Å². The van der Waals surface area contributed by atoms with Crippen LogP contribution in [-0.4, -0.2) is 25.4 Å². The van der Waals surface area contributed by atoms with Gasteiger partial charge in [0, 0.05) is 11.6 Å². The van der Waals surface area contributed by atoms with E-state index in [9.17, 15) is 0 Å². The molecule has 0 bridgehead atoms. The number of nitrogens with one attached hydrogen (secondary N) is 1. The third kappa shape index (κ3) is 2.11. The quantitative estimate of drug-likeness (QED) is 0.552. The van der Waals surface area contributed by atoms with Crippen molar-refractivity contribution < 1.29 is 9.57 Å². The van der Waals surface area contributed by atoms with Gasteiger partial charge >= 0.3 is 0 Å². The fourth-order valence-corrected chi connectivity index (χ4v) is 3.70. The molecule has 0 spiro atoms. The van der Waals surface area contributed by atoms with Gasteiger partial charge in [-0.3, -0.25) is 5.43 Å². The van der Waals surface area contributed by atoms with Crippen molar-refractivity contribution in [2.24, 2.45) is 5.10 Å². The smallest absolute Gasteiger partial charge is 0.237 e. The molecule has 1 heterocycles. The Morgan fingerprint density at radius 3 is 2.27 bits per heavy atom. The van der Waals surface area contributed by atoms with Crippen molar-refractivity contribution in [2.75, 3.05) is 14.2 Å². The van der Waals surface area contributed by atoms with Crippen LogP contribution in [0.4, 0.5) is 0 Å². The van der Waals surface area contributed by atoms with Crippen molar-refractivity contribution in [3.8, 4) is 0 Å². The summed E-state index contributed by atoms with van der Waals surface area (Å²) in [4.78, 5) is 5.21. The fourth-order valence-electron chi connectivity index (χ4n) is 3.70. The molecule has 0 amide bonds. The average molecular weight is 343 g/mol. The van der Waals surface area contributed by atoms with E-state index in [2.05, 4.69) is 65.1 Å². The van der Waals surface area contributed by atoms with Crippen molar-refractivity contribution in [3.63, 3.8) is 0 Å². The molecule has 5 rings (SSSR count). The molecule has 4 aromatic carbocycles. The lowest BCUT2D eigenvalue weighted by molar-refractivity contribution is -0.159. The Labute approximate surface area is 150 Å². The van der Waals surface area contributed by atoms with Crippen LogP contribution in [0.25, 0.3) is 38.0 Å². The number of hydrogen-bond acceptors (Lipinski definition) is 5. The largest absolute Gasteiger partial charge is 0.480 e. The number of hydrazine groups is 1. The minimum Gasteiger partial charge on any atom is -0.480 e. The molecule has 0 unspecified atom stereocenters. The van der Waals surface area contributed by atoms with Crippen molar-refractivity contribution in [2.45, 2.75) is 0 Å². The molecule has 0 atom stereocenters. The summed E-state index contributed by atoms with van der Waals surface area (Å²) < 4.78 is 5.31. The first-order valence-corrected chi connectivity index (χ1v) is 8.40. The summed E-state index contributed by atoms with van der Waals surface area (Å²) >= 11 is 0. The fraction of sp³-hybridized carbons (Fsp3) is 0.0952. The minimum absolute atomic E-state index is 0.478. The number of ether oxygens (including phenoxy) is 1. The van der Waals surface area contributed by atoms with E-state index in [1.807, 2.05) is 6.08 Å². The maximum absolute atomic E-state index is 5.31. The lowest BCUT2D eigenvalue weighted by atomic mass is 9.91. The molecule has 0 radical (unpaired) electrons. The number of rotatable bonds is 2. The van der Waals surface area contributed by atoms with Gasteiger partial charge < -0.3 is 4.74 Å². The molecule has 0 aliphatic carbocycles. The van der Waals surface area contributed by atoms with E-state index >= 15 is 0 Å². The predicted molar refractivity (Wildman–Crippen MR) is 105 cm³/mol. The molecule has 1 aliphatic rings. The molecular formula is C21H17N3O2. The van der Waals surface area contributed by atoms with Crippen molar-refractivity contribution in [1.82, 2.24) is 10.7 Å². The Morgan fingerprint density at radius 2 is 1.54 bits per heavy atom. The van der Waals surface area contributed by atoms with E-state index in [1.165, 1.54) is 37.6 Å². The summed E-state index contributed by atoms with van der Waals surface area (Å²) in [6.07, 6.45) is 1.88. The number of nitrogens with zero attached hydrogens (tertiary/aromatic N) is 2. The molecule has 1 aliphatic heterocycles. The van der Waals surface area contributed by atoms with Crippen molar-refractivity contribution >= 4 is 43.9 Å². The molecule has 0 saturated heterocycles. The summed E-state index contributed by atoms with van der Waals surface area (Å²) in [6, 6.07) is 19.4. The van der Waals surface area contributed by atoms with Crippen LogP contribution in [-0.2, 0) is 9.57 Å². The van der Waals surface area contributed by atoms with Gasteiger partial charge in [-0.2, -0.15) is 0 Å². The van der Waals surface area contributed by atoms with Crippen LogP contribution in [0.1, 0.15) is 5.56 Å². The molecule has 1 N–H and O–H groups in total. The number of hydrogen-bond donors (Lipinski definition) is 1. The summed E-state index contributed by atoms with van der Waals surface area (Å²) in [5, 5.41) is 12.9. The summed E-state index contributed by atoms with van der Waals surface area (Å²) in [7, 11) is 3.15. The summed E-state index contributed by atoms with van der Waals surface area (Å²) in [6.45, 7) is 0. The standard InChI is InChI=1S/C21H17N3O2/c1-25-19-12-18(22-24(23-19)26-2)16-10-8-15-7-6-13-4-3-5-14-9-11-17(16)21(15)20(13)14/h3-12,22H,1-2H3. The summed E-state index contributed by atoms with van der Waals surface area (Å²) in [5.74, 6) is 0.478. The Morgan fingerprint density at radius 1 is 0.846 bits per heavy atom. The zero-order valence-electron chi connectivity index (χ0n) is 14.5. The van der Waals surface area contributed by atoms with Crippen LogP contribution in [0.2, 0.25) is 0 Å². The van der Waals surface area contributed by atoms with Gasteiger partial charge in [-0.25, -0.2) is 4.84 Å². The molecule has 26 heavy (non-hydrogen) atoms. The number of methoxy groups -OCH3 is 1. The van der Waals surface area contributed by atoms with E-state index < -0.39 is 0 Å². The lowest BCUT2D eigenvalue weighted by Crippen LogP contribution is -2.35. The van der Waals surface area contributed by atoms with E-state index in [0.29, 0.717) is 5.90 Å². The third-order valence-electron chi connectivity index (χ3n) is 4.87. The maximum atomic E-state index is 5.31. The maximum Gasteiger partial charge on any atom is 0.237 e. The van der Waals surface area contributed by atoms with E-state index in [0.717, 1.165) is 11.3 Å². The second-order valence-corrected chi connectivity index (χ2v) is 6.24. The zero-order valence-corrected chi connectivity index (χ0v) is 14.5. The average Bonchev–Trinajstić information content (AvgIpc) is 2.71. The normalized spacial score (nSPS) is 14.6. The third-order valence-corrected chi connectivity index (χ3v) is 4.87. The van der Waals surface area contributed by atoms with E-state index in [-0.39, 0.29) is 0 Å². The minimum atomic E-state index is 0.478. The highest BCUT2D eigenvalue weighted by atomic mass is 16.7. The van der Waals surface area contributed by atoms with Gasteiger partial charge in [0.05, 0.1) is 19.9 Å². The van der Waals surface area contributed by atoms with Gasteiger partial charge in [0.1, 0.15) is 0 Å². The Kier molecular flexibility index (Phi) is 3.23. The first-order chi connectivity index (χ1) is 12.8. The lowest BCUT2D eigenvalue weighted by Gasteiger charge is -2.25. The van der Waals surface area contributed by atoms with Gasteiger partial charge in [-0.1, -0.05) is 65.0 Å². The van der Waals surface area contributed by atoms with Gasteiger partial charge in [0.25, 0.3) is 0 Å². The predicted octanol–water partition coefficient (Wildman–Crippen LogP) is 4.27. The van der Waals surface area contributed by atoms with Crippen molar-refractivity contribution in [3.05, 3.63) is 66.2 Å². The molecular weight excluding hydrogens is 326 g/mol. The second-order valence-electron chi connectivity index (χ2n) is 6.24. The highest BCUT2D eigenvalue weighted by molar-refractivity contribution is 6.24. The summed E-state index contributed by atoms with van der Waals surface area (Å²) in [5.41, 5.74) is 5.11. The van der Waals surface area contributed by atoms with Crippen LogP contribution in [0.5, 0.6) is 0 Å². The number of benzene rings is 4. The van der Waals surface area contributed by atoms with Gasteiger partial charge in [-0.05, 0) is 32.3 Å². The highest BCUT2D eigenvalue weighted by Gasteiger charge is 2.18. The van der Waals surface area contributed by atoms with Crippen LogP contribution in [0, 0.1) is 0 Å². The molecule has 128 valence electrons. The number of hydrazone groups is 1. The highest BCUT2D eigenvalue weighted by Crippen LogP contribution is 2.37. The first kappa shape index (κ1) is 15.0. The topological polar surface area (TPSA) is 46.1 Å². The Hall–Kier alpha value is -3.31. The Balaban J connectivity index is 1.82. The molecule has 4 aromatic rings. The Bertz CT molecular complexity index is 1180. The molecule has 5 heteroatoms. The first-order valence-electron chi connectivity index (χ1n) is 8.40. The van der Waals surface area contributed by atoms with E-state index in [4.69, 9.17) is 9.57 Å². The van der Waals surface area contributed by atoms with Crippen LogP contribution >= 0.6 is 0 Å². The molecule has 0 fully saturated rings. The SMILES string of the molecule is COC1=NN(OC)NC(c2ccc3ccc4cccc5ccc2c3c45)=C1.